The number of hydrogen-bond donors (Lipinski definition) is 3. The molecular weight excluding hydrogens is 882 g/mol. The summed E-state index contributed by atoms with van der Waals surface area (Å²) in [6.45, 7) is 4.27. The van der Waals surface area contributed by atoms with Crippen LogP contribution in [0.4, 0.5) is 8.78 Å². The molecule has 6 rings (SSSR count). The van der Waals surface area contributed by atoms with Gasteiger partial charge in [-0.15, -0.1) is 11.6 Å². The van der Waals surface area contributed by atoms with E-state index in [1.807, 2.05) is 72.9 Å². The Morgan fingerprint density at radius 2 is 1.10 bits per heavy atom. The van der Waals surface area contributed by atoms with Crippen LogP contribution in [0.2, 0.25) is 0 Å². The van der Waals surface area contributed by atoms with Crippen molar-refractivity contribution in [3.05, 3.63) is 175 Å². The van der Waals surface area contributed by atoms with E-state index in [9.17, 15) is 8.78 Å². The molecule has 0 spiro atoms. The van der Waals surface area contributed by atoms with Gasteiger partial charge in [0.05, 0.1) is 18.2 Å². The van der Waals surface area contributed by atoms with E-state index in [1.54, 1.807) is 18.5 Å². The number of aliphatic hydroxyl groups is 1. The largest absolute Gasteiger partial charge is 0.488 e. The van der Waals surface area contributed by atoms with Gasteiger partial charge in [0.25, 0.3) is 0 Å². The number of halogens is 6. The summed E-state index contributed by atoms with van der Waals surface area (Å²) >= 11 is 15.4. The van der Waals surface area contributed by atoms with Crippen LogP contribution in [0.25, 0.3) is 11.1 Å². The van der Waals surface area contributed by atoms with Crippen molar-refractivity contribution in [3.8, 4) is 11.1 Å². The maximum absolute atomic E-state index is 13.0. The molecule has 52 heavy (non-hydrogen) atoms. The summed E-state index contributed by atoms with van der Waals surface area (Å²) in [4.78, 5) is 12.4. The Morgan fingerprint density at radius 3 is 1.50 bits per heavy atom. The molecule has 6 aromatic rings. The normalized spacial score (nSPS) is 9.75. The number of alkyl halides is 1. The number of aliphatic hydroxyl groups excluding tert-OH is 1. The molecule has 0 unspecified atom stereocenters. The fourth-order valence-electron chi connectivity index (χ4n) is 3.83. The van der Waals surface area contributed by atoms with E-state index in [2.05, 4.69) is 76.6 Å². The van der Waals surface area contributed by atoms with Gasteiger partial charge in [-0.1, -0.05) is 72.2 Å². The Bertz CT molecular complexity index is 1750. The fraction of sp³-hybridized carbons (Fsp3) is 0.154. The number of rotatable bonds is 6. The number of hydrogen-bond acceptors (Lipinski definition) is 6. The third-order valence-electron chi connectivity index (χ3n) is 6.66. The Labute approximate surface area is 334 Å². The number of benzene rings is 3. The van der Waals surface area contributed by atoms with Crippen molar-refractivity contribution in [1.82, 2.24) is 15.0 Å². The van der Waals surface area contributed by atoms with Crippen LogP contribution in [0, 0.1) is 11.6 Å². The summed E-state index contributed by atoms with van der Waals surface area (Å²) in [5, 5.41) is 25.7. The van der Waals surface area contributed by atoms with Gasteiger partial charge in [-0.2, -0.15) is 0 Å². The molecule has 0 saturated heterocycles. The number of aryl methyl sites for hydroxylation is 2. The molecule has 0 fully saturated rings. The monoisotopic (exact) mass is 917 g/mol. The maximum atomic E-state index is 13.0. The molecule has 0 saturated carbocycles. The van der Waals surface area contributed by atoms with Gasteiger partial charge in [-0.05, 0) is 128 Å². The second kappa shape index (κ2) is 25.6. The van der Waals surface area contributed by atoms with Crippen molar-refractivity contribution in [2.24, 2.45) is 0 Å². The summed E-state index contributed by atoms with van der Waals surface area (Å²) in [5.41, 5.74) is 6.02. The molecule has 3 heterocycles. The van der Waals surface area contributed by atoms with E-state index in [0.717, 1.165) is 66.1 Å². The average molecular weight is 921 g/mol. The lowest BCUT2D eigenvalue weighted by atomic mass is 9.80. The van der Waals surface area contributed by atoms with Gasteiger partial charge in [-0.3, -0.25) is 15.0 Å². The highest BCUT2D eigenvalue weighted by molar-refractivity contribution is 9.11. The second-order valence-electron chi connectivity index (χ2n) is 10.5. The minimum atomic E-state index is -1.59. The smallest absolute Gasteiger partial charge is 0.423 e. The average Bonchev–Trinajstić information content (AvgIpc) is 3.17. The van der Waals surface area contributed by atoms with E-state index in [0.29, 0.717) is 5.88 Å². The minimum Gasteiger partial charge on any atom is -0.423 e. The third kappa shape index (κ3) is 18.4. The van der Waals surface area contributed by atoms with E-state index in [4.69, 9.17) is 26.8 Å². The summed E-state index contributed by atoms with van der Waals surface area (Å²) < 4.78 is 28.3. The van der Waals surface area contributed by atoms with Gasteiger partial charge in [-0.25, -0.2) is 8.78 Å². The molecule has 3 aromatic carbocycles. The van der Waals surface area contributed by atoms with Crippen LogP contribution >= 0.6 is 59.4 Å². The van der Waals surface area contributed by atoms with Crippen molar-refractivity contribution >= 4 is 72.0 Å². The first-order chi connectivity index (χ1) is 25.0. The van der Waals surface area contributed by atoms with Crippen LogP contribution in [0.3, 0.4) is 0 Å². The highest BCUT2D eigenvalue weighted by atomic mass is 79.9. The summed E-state index contributed by atoms with van der Waals surface area (Å²) in [6, 6.07) is 31.1. The third-order valence-corrected chi connectivity index (χ3v) is 8.40. The quantitative estimate of drug-likeness (QED) is 0.114. The standard InChI is InChI=1S/C13H12FN.C7H8BrN.C7H7BrO.C6H6BFO2.C6H5BrClN/c1-2-13-7-6-11(9-15-13)10-4-3-5-12(14)8-10;1-2-7-4-3-6(8)5-9-7;8-7-3-1-6(5-9)2-4-7;8-6-3-1-2-5(4-6)7(9)10;7-5-1-2-6(3-8)9-4-5/h3-9H,2H2,1H3;3-5H,2H2,1H3;1-4,9H,5H2;1-4,9-10H;1-2,4H,3H2. The topological polar surface area (TPSA) is 99.4 Å². The van der Waals surface area contributed by atoms with Gasteiger partial charge in [0, 0.05) is 49.0 Å². The molecule has 0 aliphatic heterocycles. The summed E-state index contributed by atoms with van der Waals surface area (Å²) in [7, 11) is -1.59. The zero-order chi connectivity index (χ0) is 38.3. The molecule has 13 heteroatoms. The zero-order valence-electron chi connectivity index (χ0n) is 28.5. The Balaban J connectivity index is 0.000000229. The highest BCUT2D eigenvalue weighted by Gasteiger charge is 2.10. The first-order valence-corrected chi connectivity index (χ1v) is 18.8. The Kier molecular flexibility index (Phi) is 22.1. The molecule has 0 aliphatic rings. The highest BCUT2D eigenvalue weighted by Crippen LogP contribution is 2.19. The molecule has 0 radical (unpaired) electrons. The Morgan fingerprint density at radius 1 is 0.596 bits per heavy atom. The molecule has 3 aromatic heterocycles. The molecular formula is C39H38BBr3ClF2N3O3. The predicted molar refractivity (Wildman–Crippen MR) is 218 cm³/mol. The number of pyridine rings is 3. The summed E-state index contributed by atoms with van der Waals surface area (Å²) in [6.07, 6.45) is 7.26. The van der Waals surface area contributed by atoms with E-state index in [1.165, 1.54) is 30.3 Å². The van der Waals surface area contributed by atoms with Crippen LogP contribution in [0.1, 0.15) is 36.5 Å². The second-order valence-corrected chi connectivity index (χ2v) is 13.6. The maximum Gasteiger partial charge on any atom is 0.488 e. The van der Waals surface area contributed by atoms with Crippen LogP contribution in [-0.4, -0.2) is 37.2 Å². The molecule has 6 nitrogen and oxygen atoms in total. The molecule has 0 aliphatic carbocycles. The Hall–Kier alpha value is -3.36. The van der Waals surface area contributed by atoms with Crippen molar-refractivity contribution < 1.29 is 23.9 Å². The fourth-order valence-corrected chi connectivity index (χ4v) is 4.72. The van der Waals surface area contributed by atoms with Crippen molar-refractivity contribution in [1.29, 1.82) is 0 Å². The van der Waals surface area contributed by atoms with Gasteiger partial charge < -0.3 is 15.2 Å². The van der Waals surface area contributed by atoms with E-state index in [-0.39, 0.29) is 17.9 Å². The van der Waals surface area contributed by atoms with Crippen LogP contribution < -0.4 is 5.46 Å². The lowest BCUT2D eigenvalue weighted by Gasteiger charge is -2.02. The van der Waals surface area contributed by atoms with E-state index >= 15 is 0 Å². The molecule has 0 atom stereocenters. The van der Waals surface area contributed by atoms with Gasteiger partial charge >= 0.3 is 7.12 Å². The SMILES string of the molecule is CCc1ccc(-c2cccc(F)c2)cn1.CCc1ccc(Br)cn1.ClCc1ccc(Br)cn1.OB(O)c1cccc(F)c1.OCc1ccc(Br)cc1. The van der Waals surface area contributed by atoms with Crippen LogP contribution in [0.15, 0.2) is 141 Å². The first-order valence-electron chi connectivity index (χ1n) is 15.9. The first kappa shape index (κ1) is 44.8. The number of nitrogens with zero attached hydrogens (tertiary/aromatic N) is 3. The van der Waals surface area contributed by atoms with Crippen molar-refractivity contribution in [2.75, 3.05) is 0 Å². The minimum absolute atomic E-state index is 0.118. The number of aromatic nitrogens is 3. The van der Waals surface area contributed by atoms with Crippen LogP contribution in [0.5, 0.6) is 0 Å². The molecule has 0 bridgehead atoms. The van der Waals surface area contributed by atoms with Gasteiger partial charge in [0.15, 0.2) is 0 Å². The molecule has 3 N–H and O–H groups in total. The molecule has 0 amide bonds. The molecule has 272 valence electrons. The van der Waals surface area contributed by atoms with Crippen molar-refractivity contribution in [3.63, 3.8) is 0 Å². The lowest BCUT2D eigenvalue weighted by molar-refractivity contribution is 0.282. The van der Waals surface area contributed by atoms with E-state index < -0.39 is 12.9 Å². The summed E-state index contributed by atoms with van der Waals surface area (Å²) in [5.74, 6) is -0.203. The van der Waals surface area contributed by atoms with Gasteiger partial charge in [0.2, 0.25) is 0 Å². The predicted octanol–water partition coefficient (Wildman–Crippen LogP) is 9.89. The zero-order valence-corrected chi connectivity index (χ0v) is 34.0. The van der Waals surface area contributed by atoms with Crippen LogP contribution in [-0.2, 0) is 25.3 Å². The lowest BCUT2D eigenvalue weighted by Crippen LogP contribution is -2.29. The van der Waals surface area contributed by atoms with Crippen molar-refractivity contribution in [2.45, 2.75) is 39.2 Å². The van der Waals surface area contributed by atoms with Gasteiger partial charge in [0.1, 0.15) is 11.6 Å².